The molecule has 3 atom stereocenters. The van der Waals surface area contributed by atoms with E-state index in [9.17, 15) is 28.9 Å². The molecule has 3 unspecified atom stereocenters. The van der Waals surface area contributed by atoms with Gasteiger partial charge in [0.05, 0.1) is 19.8 Å². The second-order valence-corrected chi connectivity index (χ2v) is 20.9. The first kappa shape index (κ1) is 73.6. The number of carbonyl (C=O) groups is 3. The van der Waals surface area contributed by atoms with Crippen LogP contribution < -0.4 is 0 Å². The van der Waals surface area contributed by atoms with E-state index in [1.807, 2.05) is 12.2 Å². The fourth-order valence-electron chi connectivity index (χ4n) is 7.58. The van der Waals surface area contributed by atoms with Gasteiger partial charge in [0, 0.05) is 19.3 Å². The zero-order valence-electron chi connectivity index (χ0n) is 48.8. The van der Waals surface area contributed by atoms with Crippen LogP contribution in [0.25, 0.3) is 0 Å². The molecule has 78 heavy (non-hydrogen) atoms. The van der Waals surface area contributed by atoms with Crippen molar-refractivity contribution in [1.29, 1.82) is 0 Å². The third kappa shape index (κ3) is 56.3. The first-order valence-corrected chi connectivity index (χ1v) is 31.6. The smallest absolute Gasteiger partial charge is 0.462 e. The van der Waals surface area contributed by atoms with Gasteiger partial charge in [-0.1, -0.05) is 238 Å². The zero-order chi connectivity index (χ0) is 56.9. The molecule has 0 heterocycles. The fraction of sp³-hybridized carbons (Fsp3) is 0.621. The molecule has 0 amide bonds. The summed E-state index contributed by atoms with van der Waals surface area (Å²) in [6.07, 6.45) is 74.2. The van der Waals surface area contributed by atoms with Crippen LogP contribution in [0.4, 0.5) is 0 Å². The molecule has 0 aliphatic carbocycles. The van der Waals surface area contributed by atoms with Gasteiger partial charge in [-0.05, 0) is 103 Å². The minimum Gasteiger partial charge on any atom is -0.462 e. The van der Waals surface area contributed by atoms with Crippen LogP contribution in [0, 0.1) is 0 Å². The van der Waals surface area contributed by atoms with E-state index in [1.165, 1.54) is 57.8 Å². The van der Waals surface area contributed by atoms with Gasteiger partial charge in [0.25, 0.3) is 0 Å². The van der Waals surface area contributed by atoms with E-state index in [0.717, 1.165) is 103 Å². The Bertz CT molecular complexity index is 1820. The van der Waals surface area contributed by atoms with Crippen molar-refractivity contribution >= 4 is 25.7 Å². The van der Waals surface area contributed by atoms with Gasteiger partial charge in [-0.3, -0.25) is 23.4 Å². The summed E-state index contributed by atoms with van der Waals surface area (Å²) in [4.78, 5) is 48.6. The van der Waals surface area contributed by atoms with Gasteiger partial charge in [-0.15, -0.1) is 0 Å². The highest BCUT2D eigenvalue weighted by Crippen LogP contribution is 2.43. The summed E-state index contributed by atoms with van der Waals surface area (Å²) < 4.78 is 39.5. The molecule has 2 N–H and O–H groups in total. The van der Waals surface area contributed by atoms with E-state index in [2.05, 4.69) is 142 Å². The summed E-state index contributed by atoms with van der Waals surface area (Å²) in [5.41, 5.74) is 0. The Labute approximate surface area is 474 Å². The monoisotopic (exact) mass is 1110 g/mol. The first-order valence-electron chi connectivity index (χ1n) is 30.1. The predicted molar refractivity (Wildman–Crippen MR) is 325 cm³/mol. The van der Waals surface area contributed by atoms with E-state index in [1.54, 1.807) is 0 Å². The van der Waals surface area contributed by atoms with Crippen LogP contribution in [-0.4, -0.2) is 66.5 Å². The molecule has 0 fully saturated rings. The molecule has 0 spiro atoms. The van der Waals surface area contributed by atoms with E-state index in [-0.39, 0.29) is 25.9 Å². The van der Waals surface area contributed by atoms with Gasteiger partial charge in [0.15, 0.2) is 6.10 Å². The van der Waals surface area contributed by atoms with Crippen LogP contribution in [0.1, 0.15) is 226 Å². The molecular formula is C66H107O11P. The number of allylic oxidation sites excluding steroid dienone is 22. The predicted octanol–water partition coefficient (Wildman–Crippen LogP) is 18.1. The van der Waals surface area contributed by atoms with Gasteiger partial charge < -0.3 is 24.2 Å². The Morgan fingerprint density at radius 1 is 0.372 bits per heavy atom. The van der Waals surface area contributed by atoms with Crippen LogP contribution in [-0.2, 0) is 42.2 Å². The maximum absolute atomic E-state index is 12.9. The van der Waals surface area contributed by atoms with Crippen molar-refractivity contribution in [2.75, 3.05) is 26.4 Å². The number of unbranched alkanes of at least 4 members (excludes halogenated alkanes) is 15. The maximum Gasteiger partial charge on any atom is 0.472 e. The number of aliphatic hydroxyl groups excluding tert-OH is 1. The molecular weight excluding hydrogens is 1000 g/mol. The number of hydrogen-bond donors (Lipinski definition) is 2. The highest BCUT2D eigenvalue weighted by molar-refractivity contribution is 7.47. The Balaban J connectivity index is 4.84. The van der Waals surface area contributed by atoms with Crippen LogP contribution in [0.3, 0.4) is 0 Å². The molecule has 12 heteroatoms. The number of esters is 3. The van der Waals surface area contributed by atoms with Crippen molar-refractivity contribution in [2.45, 2.75) is 238 Å². The molecule has 0 rings (SSSR count). The SMILES string of the molecule is CC/C=C\C/C=C\C/C=C\C/C=C\C/C=C\C/C=C\CCC(=O)OC(COC(=O)CCCCCCCCCCCCCCC)COP(=O)(O)OCC(CO)OC(=O)CCCCC/C=C\C/C=C\C/C=C\C/C=C\C/C=C\CC. The molecule has 0 aliphatic heterocycles. The molecule has 0 saturated heterocycles. The van der Waals surface area contributed by atoms with Crippen LogP contribution in [0.5, 0.6) is 0 Å². The molecule has 0 aliphatic rings. The zero-order valence-corrected chi connectivity index (χ0v) is 49.7. The van der Waals surface area contributed by atoms with Gasteiger partial charge in [0.2, 0.25) is 0 Å². The molecule has 0 aromatic carbocycles. The minimum absolute atomic E-state index is 0.0344. The number of hydrogen-bond acceptors (Lipinski definition) is 10. The van der Waals surface area contributed by atoms with Crippen molar-refractivity contribution in [3.05, 3.63) is 134 Å². The molecule has 0 aromatic rings. The Kier molecular flexibility index (Phi) is 55.5. The third-order valence-corrected chi connectivity index (χ3v) is 13.0. The largest absolute Gasteiger partial charge is 0.472 e. The van der Waals surface area contributed by atoms with Gasteiger partial charge in [0.1, 0.15) is 12.7 Å². The first-order chi connectivity index (χ1) is 38.2. The van der Waals surface area contributed by atoms with Crippen molar-refractivity contribution in [3.8, 4) is 0 Å². The highest BCUT2D eigenvalue weighted by atomic mass is 31.2. The van der Waals surface area contributed by atoms with Crippen molar-refractivity contribution in [1.82, 2.24) is 0 Å². The quantitative estimate of drug-likeness (QED) is 0.0197. The summed E-state index contributed by atoms with van der Waals surface area (Å²) >= 11 is 0. The maximum atomic E-state index is 12.9. The lowest BCUT2D eigenvalue weighted by Crippen LogP contribution is -2.30. The average Bonchev–Trinajstić information content (AvgIpc) is 3.43. The second-order valence-electron chi connectivity index (χ2n) is 19.4. The summed E-state index contributed by atoms with van der Waals surface area (Å²) in [6.45, 7) is 4.29. The molecule has 11 nitrogen and oxygen atoms in total. The van der Waals surface area contributed by atoms with Crippen LogP contribution >= 0.6 is 7.82 Å². The van der Waals surface area contributed by atoms with E-state index in [4.69, 9.17) is 23.3 Å². The second kappa shape index (κ2) is 58.8. The van der Waals surface area contributed by atoms with Crippen LogP contribution in [0.15, 0.2) is 134 Å². The molecule has 442 valence electrons. The summed E-state index contributed by atoms with van der Waals surface area (Å²) in [7, 11) is -4.79. The fourth-order valence-corrected chi connectivity index (χ4v) is 8.37. The molecule has 0 aromatic heterocycles. The topological polar surface area (TPSA) is 155 Å². The van der Waals surface area contributed by atoms with Gasteiger partial charge in [-0.25, -0.2) is 4.57 Å². The number of phosphoric ester groups is 1. The minimum atomic E-state index is -4.79. The average molecular weight is 1110 g/mol. The number of rotatable bonds is 54. The number of aliphatic hydroxyl groups is 1. The lowest BCUT2D eigenvalue weighted by Gasteiger charge is -2.21. The van der Waals surface area contributed by atoms with Crippen LogP contribution in [0.2, 0.25) is 0 Å². The van der Waals surface area contributed by atoms with Crippen molar-refractivity contribution < 1.29 is 52.2 Å². The Morgan fingerprint density at radius 2 is 0.692 bits per heavy atom. The van der Waals surface area contributed by atoms with Crippen molar-refractivity contribution in [2.24, 2.45) is 0 Å². The summed E-state index contributed by atoms with van der Waals surface area (Å²) in [5, 5.41) is 9.83. The normalized spacial score (nSPS) is 14.3. The van der Waals surface area contributed by atoms with E-state index in [0.29, 0.717) is 25.7 Å². The molecule has 0 radical (unpaired) electrons. The Morgan fingerprint density at radius 3 is 1.10 bits per heavy atom. The standard InChI is InChI=1S/C66H107O11P/c1-4-7-10-13-16-19-22-25-27-29-31-33-35-38-41-44-47-50-53-56-65(69)76-62(58-67)60-74-78(71,72)75-61-63(59-73-64(68)55-52-49-46-43-40-37-24-21-18-15-12-9-6-3)77-66(70)57-54-51-48-45-42-39-36-34-32-30-28-26-23-20-17-14-11-8-5-2/h7-8,10-11,16-17,19-20,25-28,31-34,38-39,41-42,48,51,62-63,67H,4-6,9,12-15,18,21-24,29-30,35-37,40,43-47,49-50,52-61H2,1-3H3,(H,71,72)/b10-7-,11-8-,19-16-,20-17-,27-25-,28-26-,33-31-,34-32-,41-38-,42-39-,51-48-. The lowest BCUT2D eigenvalue weighted by molar-refractivity contribution is -0.161. The van der Waals surface area contributed by atoms with Gasteiger partial charge in [-0.2, -0.15) is 0 Å². The number of phosphoric acid groups is 1. The van der Waals surface area contributed by atoms with Crippen molar-refractivity contribution in [3.63, 3.8) is 0 Å². The number of ether oxygens (including phenoxy) is 3. The molecule has 0 bridgehead atoms. The number of carbonyl (C=O) groups excluding carboxylic acids is 3. The Hall–Kier alpha value is -4.38. The van der Waals surface area contributed by atoms with Gasteiger partial charge >= 0.3 is 25.7 Å². The summed E-state index contributed by atoms with van der Waals surface area (Å²) in [6, 6.07) is 0. The van der Waals surface area contributed by atoms with E-state index < -0.39 is 57.8 Å². The molecule has 0 saturated carbocycles. The summed E-state index contributed by atoms with van der Waals surface area (Å²) in [5.74, 6) is -1.61. The third-order valence-electron chi connectivity index (χ3n) is 12.1. The highest BCUT2D eigenvalue weighted by Gasteiger charge is 2.28. The van der Waals surface area contributed by atoms with E-state index >= 15 is 0 Å². The lowest BCUT2D eigenvalue weighted by atomic mass is 10.0.